The Morgan fingerprint density at radius 3 is 3.23 bits per heavy atom. The number of thiazole rings is 1. The summed E-state index contributed by atoms with van der Waals surface area (Å²) < 4.78 is 0. The number of nitrogens with one attached hydrogen (secondary N) is 2. The molecule has 0 saturated carbocycles. The third-order valence-corrected chi connectivity index (χ3v) is 2.52. The van der Waals surface area contributed by atoms with Crippen molar-refractivity contribution in [2.75, 3.05) is 7.05 Å². The highest BCUT2D eigenvalue weighted by Gasteiger charge is 2.08. The van der Waals surface area contributed by atoms with Crippen molar-refractivity contribution in [1.29, 1.82) is 0 Å². The van der Waals surface area contributed by atoms with Crippen molar-refractivity contribution in [3.05, 3.63) is 23.3 Å². The van der Waals surface area contributed by atoms with E-state index in [1.54, 1.807) is 17.5 Å². The third kappa shape index (κ3) is 1.61. The van der Waals surface area contributed by atoms with Crippen LogP contribution >= 0.6 is 11.3 Å². The highest BCUT2D eigenvalue weighted by atomic mass is 32.1. The summed E-state index contributed by atoms with van der Waals surface area (Å²) in [6.07, 6.45) is 3.62. The van der Waals surface area contributed by atoms with Gasteiger partial charge in [0.05, 0.1) is 11.9 Å². The van der Waals surface area contributed by atoms with Gasteiger partial charge in [-0.15, -0.1) is 11.3 Å². The SMILES string of the molecule is CNCc1cn[nH]c1-c1nccs1. The first-order chi connectivity index (χ1) is 6.42. The van der Waals surface area contributed by atoms with Crippen molar-refractivity contribution in [2.45, 2.75) is 6.54 Å². The molecule has 0 bridgehead atoms. The van der Waals surface area contributed by atoms with Crippen molar-refractivity contribution in [1.82, 2.24) is 20.5 Å². The maximum Gasteiger partial charge on any atom is 0.141 e. The first-order valence-electron chi connectivity index (χ1n) is 3.98. The van der Waals surface area contributed by atoms with Crippen LogP contribution in [0.25, 0.3) is 10.7 Å². The number of nitrogens with zero attached hydrogens (tertiary/aromatic N) is 2. The van der Waals surface area contributed by atoms with Crippen molar-refractivity contribution in [2.24, 2.45) is 0 Å². The van der Waals surface area contributed by atoms with E-state index < -0.39 is 0 Å². The molecule has 2 aromatic rings. The minimum atomic E-state index is 0.811. The van der Waals surface area contributed by atoms with Crippen LogP contribution in [0.2, 0.25) is 0 Å². The van der Waals surface area contributed by atoms with Crippen LogP contribution < -0.4 is 5.32 Å². The van der Waals surface area contributed by atoms with E-state index in [0.29, 0.717) is 0 Å². The van der Waals surface area contributed by atoms with Crippen LogP contribution in [-0.4, -0.2) is 22.2 Å². The highest BCUT2D eigenvalue weighted by Crippen LogP contribution is 2.22. The van der Waals surface area contributed by atoms with Crippen LogP contribution in [0.4, 0.5) is 0 Å². The molecule has 0 fully saturated rings. The van der Waals surface area contributed by atoms with Gasteiger partial charge in [-0.2, -0.15) is 5.10 Å². The minimum absolute atomic E-state index is 0.811. The zero-order valence-electron chi connectivity index (χ0n) is 7.24. The van der Waals surface area contributed by atoms with Crippen LogP contribution in [0.5, 0.6) is 0 Å². The zero-order chi connectivity index (χ0) is 9.10. The van der Waals surface area contributed by atoms with Gasteiger partial charge in [-0.05, 0) is 7.05 Å². The Bertz CT molecular complexity index is 365. The van der Waals surface area contributed by atoms with E-state index >= 15 is 0 Å². The third-order valence-electron chi connectivity index (χ3n) is 1.73. The molecule has 68 valence electrons. The molecule has 0 aromatic carbocycles. The van der Waals surface area contributed by atoms with Gasteiger partial charge < -0.3 is 5.32 Å². The second-order valence-corrected chi connectivity index (χ2v) is 3.53. The molecule has 0 radical (unpaired) electrons. The average Bonchev–Trinajstić information content (AvgIpc) is 2.71. The van der Waals surface area contributed by atoms with Gasteiger partial charge in [-0.1, -0.05) is 0 Å². The lowest BCUT2D eigenvalue weighted by Gasteiger charge is -1.97. The fraction of sp³-hybridized carbons (Fsp3) is 0.250. The second-order valence-electron chi connectivity index (χ2n) is 2.64. The van der Waals surface area contributed by atoms with Crippen molar-refractivity contribution >= 4 is 11.3 Å². The van der Waals surface area contributed by atoms with Gasteiger partial charge in [0.2, 0.25) is 0 Å². The molecule has 0 aliphatic heterocycles. The van der Waals surface area contributed by atoms with E-state index in [-0.39, 0.29) is 0 Å². The molecular weight excluding hydrogens is 184 g/mol. The van der Waals surface area contributed by atoms with E-state index in [2.05, 4.69) is 20.5 Å². The molecule has 2 rings (SSSR count). The van der Waals surface area contributed by atoms with E-state index in [4.69, 9.17) is 0 Å². The predicted octanol–water partition coefficient (Wildman–Crippen LogP) is 1.25. The van der Waals surface area contributed by atoms with Crippen LogP contribution in [0.1, 0.15) is 5.56 Å². The van der Waals surface area contributed by atoms with Crippen LogP contribution in [0.3, 0.4) is 0 Å². The van der Waals surface area contributed by atoms with Gasteiger partial charge in [0.1, 0.15) is 5.01 Å². The van der Waals surface area contributed by atoms with Gasteiger partial charge in [-0.25, -0.2) is 4.98 Å². The van der Waals surface area contributed by atoms with E-state index in [9.17, 15) is 0 Å². The molecule has 0 atom stereocenters. The quantitative estimate of drug-likeness (QED) is 0.773. The second kappa shape index (κ2) is 3.68. The zero-order valence-corrected chi connectivity index (χ0v) is 8.06. The van der Waals surface area contributed by atoms with Crippen LogP contribution in [-0.2, 0) is 6.54 Å². The van der Waals surface area contributed by atoms with E-state index in [1.807, 2.05) is 18.6 Å². The molecule has 2 aromatic heterocycles. The number of rotatable bonds is 3. The lowest BCUT2D eigenvalue weighted by molar-refractivity contribution is 0.820. The van der Waals surface area contributed by atoms with Crippen molar-refractivity contribution < 1.29 is 0 Å². The Balaban J connectivity index is 2.35. The summed E-state index contributed by atoms with van der Waals surface area (Å²) in [5.74, 6) is 0. The van der Waals surface area contributed by atoms with E-state index in [0.717, 1.165) is 22.8 Å². The van der Waals surface area contributed by atoms with Gasteiger partial charge in [0, 0.05) is 23.7 Å². The Morgan fingerprint density at radius 1 is 1.62 bits per heavy atom. The summed E-state index contributed by atoms with van der Waals surface area (Å²) in [6.45, 7) is 0.811. The molecule has 4 nitrogen and oxygen atoms in total. The Kier molecular flexibility index (Phi) is 2.37. The molecule has 0 amide bonds. The largest absolute Gasteiger partial charge is 0.316 e. The highest BCUT2D eigenvalue weighted by molar-refractivity contribution is 7.13. The first kappa shape index (κ1) is 8.40. The number of H-pyrrole nitrogens is 1. The molecule has 13 heavy (non-hydrogen) atoms. The van der Waals surface area contributed by atoms with Gasteiger partial charge in [0.15, 0.2) is 0 Å². The molecule has 0 unspecified atom stereocenters. The molecule has 5 heteroatoms. The van der Waals surface area contributed by atoms with Gasteiger partial charge >= 0.3 is 0 Å². The minimum Gasteiger partial charge on any atom is -0.316 e. The molecule has 0 aliphatic carbocycles. The standard InChI is InChI=1S/C8H10N4S/c1-9-4-6-5-11-12-7(6)8-10-2-3-13-8/h2-3,5,9H,4H2,1H3,(H,11,12). The van der Waals surface area contributed by atoms with E-state index in [1.165, 1.54) is 0 Å². The lowest BCUT2D eigenvalue weighted by atomic mass is 10.2. The summed E-state index contributed by atoms with van der Waals surface area (Å²) in [5, 5.41) is 13.0. The normalized spacial score (nSPS) is 10.5. The van der Waals surface area contributed by atoms with Crippen LogP contribution in [0, 0.1) is 0 Å². The number of aromatic nitrogens is 3. The molecule has 2 N–H and O–H groups in total. The Morgan fingerprint density at radius 2 is 2.54 bits per heavy atom. The maximum atomic E-state index is 4.22. The number of aromatic amines is 1. The van der Waals surface area contributed by atoms with Crippen molar-refractivity contribution in [3.63, 3.8) is 0 Å². The predicted molar refractivity (Wildman–Crippen MR) is 52.5 cm³/mol. The van der Waals surface area contributed by atoms with Gasteiger partial charge in [-0.3, -0.25) is 5.10 Å². The average molecular weight is 194 g/mol. The summed E-state index contributed by atoms with van der Waals surface area (Å²) in [6, 6.07) is 0. The Labute approximate surface area is 80.0 Å². The summed E-state index contributed by atoms with van der Waals surface area (Å²) in [7, 11) is 1.92. The lowest BCUT2D eigenvalue weighted by Crippen LogP contribution is -2.04. The number of hydrogen-bond acceptors (Lipinski definition) is 4. The topological polar surface area (TPSA) is 53.6 Å². The molecular formula is C8H10N4S. The summed E-state index contributed by atoms with van der Waals surface area (Å²) in [5.41, 5.74) is 2.17. The maximum absolute atomic E-state index is 4.22. The fourth-order valence-electron chi connectivity index (χ4n) is 1.17. The first-order valence-corrected chi connectivity index (χ1v) is 4.86. The summed E-state index contributed by atoms with van der Waals surface area (Å²) in [4.78, 5) is 4.22. The molecule has 2 heterocycles. The molecule has 0 spiro atoms. The molecule has 0 saturated heterocycles. The smallest absolute Gasteiger partial charge is 0.141 e. The van der Waals surface area contributed by atoms with Crippen LogP contribution in [0.15, 0.2) is 17.8 Å². The fourth-order valence-corrected chi connectivity index (χ4v) is 1.83. The monoisotopic (exact) mass is 194 g/mol. The number of hydrogen-bond donors (Lipinski definition) is 2. The van der Waals surface area contributed by atoms with Crippen molar-refractivity contribution in [3.8, 4) is 10.7 Å². The van der Waals surface area contributed by atoms with Gasteiger partial charge in [0.25, 0.3) is 0 Å². The summed E-state index contributed by atoms with van der Waals surface area (Å²) >= 11 is 1.61. The molecule has 0 aliphatic rings. The Hall–Kier alpha value is -1.20.